The van der Waals surface area contributed by atoms with Crippen LogP contribution in [0.2, 0.25) is 0 Å². The van der Waals surface area contributed by atoms with Crippen LogP contribution < -0.4 is 4.65 Å². The highest BCUT2D eigenvalue weighted by molar-refractivity contribution is 14.1. The number of benzene rings is 8. The molecular weight excluding hydrogens is 1700 g/mol. The predicted molar refractivity (Wildman–Crippen MR) is 390 cm³/mol. The zero-order valence-electron chi connectivity index (χ0n) is 47.0. The van der Waals surface area contributed by atoms with Gasteiger partial charge in [-0.05, 0) is 213 Å². The summed E-state index contributed by atoms with van der Waals surface area (Å²) in [5.41, 5.74) is -1.20. The fourth-order valence-electron chi connectivity index (χ4n) is 7.19. The number of nitrogens with zero attached hydrogens (tertiary/aromatic N) is 4. The van der Waals surface area contributed by atoms with Gasteiger partial charge in [-0.2, -0.15) is 21.6 Å². The van der Waals surface area contributed by atoms with Crippen molar-refractivity contribution in [3.63, 3.8) is 0 Å². The first-order valence-corrected chi connectivity index (χ1v) is 34.9. The van der Waals surface area contributed by atoms with E-state index in [9.17, 15) is 53.6 Å². The molecule has 93 heavy (non-hydrogen) atoms. The lowest BCUT2D eigenvalue weighted by atomic mass is 10.1. The van der Waals surface area contributed by atoms with E-state index in [4.69, 9.17) is 33.2 Å². The monoisotopic (exact) mass is 1750 g/mol. The first-order chi connectivity index (χ1) is 42.7. The minimum atomic E-state index is -5.84. The molecule has 1 saturated heterocycles. The van der Waals surface area contributed by atoms with Gasteiger partial charge >= 0.3 is 23.3 Å². The number of nitro benzene ring substituents is 4. The highest BCUT2D eigenvalue weighted by atomic mass is 127. The summed E-state index contributed by atoms with van der Waals surface area (Å²) in [4.78, 5) is 44.7. The molecule has 0 amide bonds. The van der Waals surface area contributed by atoms with Gasteiger partial charge in [0.15, 0.2) is 0 Å². The molecule has 0 aliphatic carbocycles. The van der Waals surface area contributed by atoms with Gasteiger partial charge in [-0.25, -0.2) is 0 Å². The van der Waals surface area contributed by atoms with E-state index >= 15 is 0 Å². The van der Waals surface area contributed by atoms with Crippen LogP contribution in [0.5, 0.6) is 5.75 Å². The van der Waals surface area contributed by atoms with Crippen LogP contribution in [-0.4, -0.2) is 98.9 Å². The smallest absolute Gasteiger partial charge is 0.537 e. The maximum Gasteiger partial charge on any atom is 0.569 e. The summed E-state index contributed by atoms with van der Waals surface area (Å²) < 4.78 is 72.4. The van der Waals surface area contributed by atoms with Gasteiger partial charge in [-0.15, -0.1) is 46.6 Å². The number of fused-ring (bicyclic) bond motifs is 3. The largest absolute Gasteiger partial charge is 0.569 e. The fraction of sp³-hybridized carbons (Fsp3) is 0.172. The quantitative estimate of drug-likeness (QED) is 0.0137. The molecule has 8 aromatic carbocycles. The Labute approximate surface area is 597 Å². The minimum Gasteiger partial charge on any atom is -0.537 e. The van der Waals surface area contributed by atoms with Crippen LogP contribution in [0.1, 0.15) is 27.7 Å². The molecule has 10 rings (SSSR count). The summed E-state index contributed by atoms with van der Waals surface area (Å²) in [5, 5.41) is 65.3. The van der Waals surface area contributed by atoms with Gasteiger partial charge < -0.3 is 19.9 Å². The Morgan fingerprint density at radius 3 is 1.31 bits per heavy atom. The van der Waals surface area contributed by atoms with E-state index in [1.807, 2.05) is 91.4 Å². The van der Waals surface area contributed by atoms with Crippen molar-refractivity contribution < 1.29 is 76.2 Å². The Kier molecular flexibility index (Phi) is 41.8. The van der Waals surface area contributed by atoms with Crippen molar-refractivity contribution in [1.82, 2.24) is 0 Å². The van der Waals surface area contributed by atoms with E-state index in [-0.39, 0.29) is 48.0 Å². The number of ether oxygens (including phenoxy) is 1. The highest BCUT2D eigenvalue weighted by Gasteiger charge is 2.44. The van der Waals surface area contributed by atoms with Crippen molar-refractivity contribution in [3.05, 3.63) is 226 Å². The molecule has 0 saturated carbocycles. The van der Waals surface area contributed by atoms with Gasteiger partial charge in [-0.3, -0.25) is 55.5 Å². The summed E-state index contributed by atoms with van der Waals surface area (Å²) >= 11 is 21.8. The molecule has 1 fully saturated rings. The normalized spacial score (nSPS) is 10.8. The van der Waals surface area contributed by atoms with Gasteiger partial charge in [0, 0.05) is 71.2 Å². The van der Waals surface area contributed by atoms with E-state index < -0.39 is 30.4 Å². The van der Waals surface area contributed by atoms with Crippen LogP contribution >= 0.6 is 133 Å². The van der Waals surface area contributed by atoms with E-state index in [2.05, 4.69) is 121 Å². The Bertz CT molecular complexity index is 3890. The first kappa shape index (κ1) is 87.6. The van der Waals surface area contributed by atoms with Crippen molar-refractivity contribution >= 4 is 194 Å². The minimum absolute atomic E-state index is 0. The van der Waals surface area contributed by atoms with E-state index in [0.29, 0.717) is 31.3 Å². The van der Waals surface area contributed by atoms with Crippen molar-refractivity contribution in [2.75, 3.05) is 32.0 Å². The summed E-state index contributed by atoms with van der Waals surface area (Å²) in [6, 6.07) is 50.0. The molecule has 1 aromatic heterocycles. The standard InChI is InChI=1S/2C13H10BrNO2S.C12H6BrNO2S.C7H7IS.C6H4BBrNO4.C4H8O.CHF3O3S.2CH4.H2O2.H2O/c2*1-18-13-5-3-2-4-10(13)9-6-7-12(15(16)17)11(14)8-9;13-11-9(14(15)16)6-5-8-7-3-1-2-4-10(7)17-12(8)11;1-9-7-5-3-2-4-6(7)8;8-5-3-4(13-7-10)1-2-6(5)9(11)12;1-2-4-5-3-1;2-1(3,4)8(5,6)7;;;1-2;/h2*2-8H,1H3;1-6H;2-5H,1H3;1-3,10H;1-4H2;(H,5,6,7);2*1H4;1-2H;1H2. The topological polar surface area (TPSA) is 338 Å². The number of thioether (sulfide) groups is 3. The molecule has 1 radical (unpaired) electrons. The van der Waals surface area contributed by atoms with Crippen LogP contribution in [0.15, 0.2) is 196 Å². The Morgan fingerprint density at radius 2 is 0.957 bits per heavy atom. The zero-order valence-corrected chi connectivity index (χ0v) is 59.6. The summed E-state index contributed by atoms with van der Waals surface area (Å²) in [6.07, 6.45) is 8.68. The predicted octanol–water partition coefficient (Wildman–Crippen LogP) is 20.1. The second-order valence-electron chi connectivity index (χ2n) is 16.8. The number of rotatable bonds is 11. The Morgan fingerprint density at radius 1 is 0.581 bits per heavy atom. The lowest BCUT2D eigenvalue weighted by Crippen LogP contribution is -2.21. The average Bonchev–Trinajstić information content (AvgIpc) is 1.65. The number of halogens is 8. The third kappa shape index (κ3) is 27.7. The van der Waals surface area contributed by atoms with Crippen LogP contribution in [0, 0.1) is 44.0 Å². The van der Waals surface area contributed by atoms with Crippen molar-refractivity contribution in [2.45, 2.75) is 47.9 Å². The van der Waals surface area contributed by atoms with Crippen molar-refractivity contribution in [2.24, 2.45) is 0 Å². The maximum absolute atomic E-state index is 10.9. The van der Waals surface area contributed by atoms with Gasteiger partial charge in [0.2, 0.25) is 0 Å². The molecule has 9 aromatic rings. The molecule has 1 aliphatic rings. The highest BCUT2D eigenvalue weighted by Crippen LogP contribution is 2.42. The number of nitro groups is 4. The fourth-order valence-corrected chi connectivity index (χ4v) is 13.4. The third-order valence-corrected chi connectivity index (χ3v) is 19.7. The Balaban J connectivity index is 0.00000108. The number of hydrogen-bond acceptors (Lipinski definition) is 19. The molecule has 0 spiro atoms. The molecule has 21 nitrogen and oxygen atoms in total. The van der Waals surface area contributed by atoms with E-state index in [0.717, 1.165) is 65.4 Å². The van der Waals surface area contributed by atoms with Gasteiger partial charge in [0.05, 0.1) is 37.8 Å². The second kappa shape index (κ2) is 44.4. The molecule has 0 atom stereocenters. The summed E-state index contributed by atoms with van der Waals surface area (Å²) in [7, 11) is -5.33. The maximum atomic E-state index is 10.9. The van der Waals surface area contributed by atoms with Crippen molar-refractivity contribution in [1.29, 1.82) is 0 Å². The molecule has 1 aliphatic heterocycles. The van der Waals surface area contributed by atoms with Crippen LogP contribution in [0.4, 0.5) is 35.9 Å². The molecule has 35 heteroatoms. The van der Waals surface area contributed by atoms with E-state index in [1.54, 1.807) is 77.0 Å². The van der Waals surface area contributed by atoms with E-state index in [1.165, 1.54) is 51.6 Å². The van der Waals surface area contributed by atoms with Crippen molar-refractivity contribution in [3.8, 4) is 28.0 Å². The summed E-state index contributed by atoms with van der Waals surface area (Å²) in [5.74, 6) is 0.319. The number of thiophene rings is 1. The first-order valence-electron chi connectivity index (χ1n) is 24.7. The zero-order chi connectivity index (χ0) is 67.3. The lowest BCUT2D eigenvalue weighted by molar-refractivity contribution is -0.385. The molecule has 0 unspecified atom stereocenters. The molecular formula is C58H58BBr4F3IN4O17S5. The second-order valence-corrected chi connectivity index (χ2v) is 26.4. The van der Waals surface area contributed by atoms with Crippen LogP contribution in [0.3, 0.4) is 0 Å². The van der Waals surface area contributed by atoms with Gasteiger partial charge in [0.1, 0.15) is 10.2 Å². The van der Waals surface area contributed by atoms with Gasteiger partial charge in [0.25, 0.3) is 22.7 Å². The number of hydrogen-bond donors (Lipinski definition) is 4. The SMILES string of the molecule is C.C.C1CCOC1.CSc1ccccc1-c1ccc([N+](=O)[O-])c(Br)c1.CSc1ccccc1-c1ccc([N+](=O)[O-])c(Br)c1.CSc1ccccc1I.O.O=S(=O)(O)C(F)(F)F.O=[N+]([O-])c1ccc(O[B]O)cc1Br.O=[N+]([O-])c1ccc2c(sc3ccccc32)c1Br.OO. The third-order valence-electron chi connectivity index (χ3n) is 11.3. The molecule has 2 heterocycles. The molecule has 6 N–H and O–H groups in total. The van der Waals surface area contributed by atoms with Gasteiger partial charge in [-0.1, -0.05) is 81.6 Å². The van der Waals surface area contributed by atoms with Crippen LogP contribution in [-0.2, 0) is 14.9 Å². The number of alkyl halides is 3. The molecule has 0 bridgehead atoms. The molecule has 501 valence electrons. The summed E-state index contributed by atoms with van der Waals surface area (Å²) in [6.45, 7) is 2.00. The van der Waals surface area contributed by atoms with Crippen LogP contribution in [0.25, 0.3) is 42.4 Å². The lowest BCUT2D eigenvalue weighted by Gasteiger charge is -2.07. The average molecular weight is 1760 g/mol. The Hall–Kier alpha value is -5.36.